The number of ether oxygens (including phenoxy) is 1. The Hall–Kier alpha value is 0.570. The van der Waals surface area contributed by atoms with Crippen LogP contribution < -0.4 is 5.32 Å². The minimum absolute atomic E-state index is 0.227. The largest absolute Gasteiger partial charge is 0.391 e. The first kappa shape index (κ1) is 13.6. The zero-order chi connectivity index (χ0) is 10.6. The number of halogens is 1. The zero-order valence-electron chi connectivity index (χ0n) is 8.41. The van der Waals surface area contributed by atoms with Gasteiger partial charge in [-0.1, -0.05) is 22.6 Å². The first-order valence-corrected chi connectivity index (χ1v) is 5.41. The number of aliphatic hydroxyl groups is 2. The molecule has 0 heterocycles. The molecule has 13 heavy (non-hydrogen) atoms. The van der Waals surface area contributed by atoms with Gasteiger partial charge in [0.1, 0.15) is 0 Å². The Morgan fingerprint density at radius 1 is 1.31 bits per heavy atom. The van der Waals surface area contributed by atoms with E-state index in [4.69, 9.17) is 9.84 Å². The Morgan fingerprint density at radius 3 is 2.08 bits per heavy atom. The van der Waals surface area contributed by atoms with Crippen LogP contribution in [0.2, 0.25) is 0 Å². The molecular formula is C8H18INO3. The summed E-state index contributed by atoms with van der Waals surface area (Å²) in [5.41, 5.74) is -0.401. The zero-order valence-corrected chi connectivity index (χ0v) is 10.6. The molecule has 80 valence electrons. The van der Waals surface area contributed by atoms with Gasteiger partial charge in [-0.05, 0) is 27.7 Å². The summed E-state index contributed by atoms with van der Waals surface area (Å²) in [5.74, 6) is 0. The molecule has 0 bridgehead atoms. The topological polar surface area (TPSA) is 61.7 Å². The highest BCUT2D eigenvalue weighted by atomic mass is 127. The van der Waals surface area contributed by atoms with Crippen LogP contribution in [0, 0.1) is 0 Å². The summed E-state index contributed by atoms with van der Waals surface area (Å²) >= 11 is 2.00. The van der Waals surface area contributed by atoms with Gasteiger partial charge < -0.3 is 14.9 Å². The molecule has 0 amide bonds. The van der Waals surface area contributed by atoms with Crippen LogP contribution in [0.5, 0.6) is 0 Å². The molecular weight excluding hydrogens is 285 g/mol. The van der Waals surface area contributed by atoms with Gasteiger partial charge in [-0.3, -0.25) is 5.32 Å². The number of rotatable bonds is 4. The number of hydrogen-bond acceptors (Lipinski definition) is 4. The van der Waals surface area contributed by atoms with E-state index in [2.05, 4.69) is 5.32 Å². The summed E-state index contributed by atoms with van der Waals surface area (Å²) in [4.78, 5) is 0. The van der Waals surface area contributed by atoms with Crippen LogP contribution in [0.4, 0.5) is 0 Å². The lowest BCUT2D eigenvalue weighted by Gasteiger charge is -2.26. The first-order chi connectivity index (χ1) is 5.72. The molecule has 0 aromatic rings. The molecule has 0 aliphatic rings. The molecule has 0 saturated carbocycles. The van der Waals surface area contributed by atoms with Crippen LogP contribution in [0.15, 0.2) is 0 Å². The van der Waals surface area contributed by atoms with Gasteiger partial charge in [0.15, 0.2) is 0 Å². The van der Waals surface area contributed by atoms with E-state index < -0.39 is 18.1 Å². The molecule has 3 N–H and O–H groups in total. The molecule has 3 atom stereocenters. The van der Waals surface area contributed by atoms with Crippen LogP contribution >= 0.6 is 22.6 Å². The van der Waals surface area contributed by atoms with E-state index in [-0.39, 0.29) is 4.05 Å². The Labute approximate surface area is 92.8 Å². The molecule has 0 aliphatic heterocycles. The van der Waals surface area contributed by atoms with Crippen molar-refractivity contribution in [3.05, 3.63) is 0 Å². The number of aliphatic hydroxyl groups excluding tert-OH is 2. The maximum Gasteiger partial charge on any atom is 0.214 e. The van der Waals surface area contributed by atoms with E-state index in [1.165, 1.54) is 0 Å². The van der Waals surface area contributed by atoms with Crippen molar-refractivity contribution in [1.82, 2.24) is 5.32 Å². The van der Waals surface area contributed by atoms with Gasteiger partial charge in [0, 0.05) is 0 Å². The Bertz CT molecular complexity index is 147. The predicted molar refractivity (Wildman–Crippen MR) is 59.5 cm³/mol. The molecule has 0 spiro atoms. The monoisotopic (exact) mass is 303 g/mol. The molecule has 5 heteroatoms. The third kappa shape index (κ3) is 7.63. The minimum Gasteiger partial charge on any atom is -0.391 e. The highest BCUT2D eigenvalue weighted by Crippen LogP contribution is 2.10. The fourth-order valence-electron chi connectivity index (χ4n) is 0.644. The molecule has 0 aliphatic carbocycles. The second kappa shape index (κ2) is 5.45. The summed E-state index contributed by atoms with van der Waals surface area (Å²) in [6.45, 7) is 7.20. The lowest BCUT2D eigenvalue weighted by atomic mass is 10.2. The summed E-state index contributed by atoms with van der Waals surface area (Å²) < 4.78 is 4.96. The highest BCUT2D eigenvalue weighted by Gasteiger charge is 2.20. The van der Waals surface area contributed by atoms with Gasteiger partial charge in [0.25, 0.3) is 0 Å². The van der Waals surface area contributed by atoms with Crippen LogP contribution in [-0.4, -0.2) is 32.4 Å². The average Bonchev–Trinajstić information content (AvgIpc) is 1.81. The molecule has 0 rings (SSSR count). The SMILES string of the molecule is CC(O)C(I)N[C@@H](O)OC(C)(C)C. The predicted octanol–water partition coefficient (Wildman–Crippen LogP) is 0.809. The van der Waals surface area contributed by atoms with Crippen molar-refractivity contribution in [3.8, 4) is 0 Å². The van der Waals surface area contributed by atoms with Crippen LogP contribution in [-0.2, 0) is 4.74 Å². The standard InChI is InChI=1S/C8H18INO3/c1-5(11)6(9)10-7(12)13-8(2,3)4/h5-7,10-12H,1-4H3/t5?,6?,7-/m0/s1. The van der Waals surface area contributed by atoms with Crippen molar-refractivity contribution in [2.75, 3.05) is 0 Å². The van der Waals surface area contributed by atoms with E-state index in [1.54, 1.807) is 6.92 Å². The second-order valence-corrected chi connectivity index (χ2v) is 5.23. The van der Waals surface area contributed by atoms with E-state index in [0.717, 1.165) is 0 Å². The molecule has 0 saturated heterocycles. The lowest BCUT2D eigenvalue weighted by molar-refractivity contribution is -0.184. The molecule has 2 unspecified atom stereocenters. The van der Waals surface area contributed by atoms with E-state index in [0.29, 0.717) is 0 Å². The molecule has 0 aromatic heterocycles. The Morgan fingerprint density at radius 2 is 1.77 bits per heavy atom. The number of hydrogen-bond donors (Lipinski definition) is 3. The van der Waals surface area contributed by atoms with Gasteiger partial charge in [0.2, 0.25) is 6.41 Å². The van der Waals surface area contributed by atoms with E-state index in [9.17, 15) is 5.11 Å². The maximum absolute atomic E-state index is 9.35. The second-order valence-electron chi connectivity index (χ2n) is 3.89. The van der Waals surface area contributed by atoms with Crippen LogP contribution in [0.25, 0.3) is 0 Å². The van der Waals surface area contributed by atoms with E-state index in [1.807, 2.05) is 43.4 Å². The van der Waals surface area contributed by atoms with Crippen LogP contribution in [0.3, 0.4) is 0 Å². The van der Waals surface area contributed by atoms with Crippen molar-refractivity contribution >= 4 is 22.6 Å². The van der Waals surface area contributed by atoms with Gasteiger partial charge in [0.05, 0.1) is 15.8 Å². The third-order valence-electron chi connectivity index (χ3n) is 1.19. The van der Waals surface area contributed by atoms with E-state index >= 15 is 0 Å². The van der Waals surface area contributed by atoms with Gasteiger partial charge >= 0.3 is 0 Å². The lowest BCUT2D eigenvalue weighted by Crippen LogP contribution is -2.44. The third-order valence-corrected chi connectivity index (χ3v) is 2.59. The summed E-state index contributed by atoms with van der Waals surface area (Å²) in [6, 6.07) is 0. The molecule has 0 radical (unpaired) electrons. The minimum atomic E-state index is -1.04. The van der Waals surface area contributed by atoms with Gasteiger partial charge in [-0.25, -0.2) is 0 Å². The fourth-order valence-corrected chi connectivity index (χ4v) is 0.952. The van der Waals surface area contributed by atoms with Crippen LogP contribution in [0.1, 0.15) is 27.7 Å². The summed E-state index contributed by atoms with van der Waals surface area (Å²) in [5, 5.41) is 21.2. The van der Waals surface area contributed by atoms with Gasteiger partial charge in [-0.15, -0.1) is 0 Å². The summed E-state index contributed by atoms with van der Waals surface area (Å²) in [6.07, 6.45) is -1.57. The van der Waals surface area contributed by atoms with Crippen molar-refractivity contribution < 1.29 is 14.9 Å². The fraction of sp³-hybridized carbons (Fsp3) is 1.00. The normalized spacial score (nSPS) is 19.6. The highest BCUT2D eigenvalue weighted by molar-refractivity contribution is 14.1. The maximum atomic E-state index is 9.35. The quantitative estimate of drug-likeness (QED) is 0.311. The number of alkyl halides is 1. The van der Waals surface area contributed by atoms with Gasteiger partial charge in [-0.2, -0.15) is 0 Å². The Balaban J connectivity index is 3.81. The molecule has 0 fully saturated rings. The summed E-state index contributed by atoms with van der Waals surface area (Å²) in [7, 11) is 0. The average molecular weight is 303 g/mol. The first-order valence-electron chi connectivity index (χ1n) is 4.16. The molecule has 4 nitrogen and oxygen atoms in total. The number of nitrogens with one attached hydrogen (secondary N) is 1. The van der Waals surface area contributed by atoms with Crippen molar-refractivity contribution in [2.24, 2.45) is 0 Å². The van der Waals surface area contributed by atoms with Crippen molar-refractivity contribution in [3.63, 3.8) is 0 Å². The van der Waals surface area contributed by atoms with Crippen molar-refractivity contribution in [2.45, 2.75) is 49.9 Å². The Kier molecular flexibility index (Phi) is 5.69. The molecule has 0 aromatic carbocycles. The smallest absolute Gasteiger partial charge is 0.214 e. The van der Waals surface area contributed by atoms with Crippen molar-refractivity contribution in [1.29, 1.82) is 0 Å².